The second kappa shape index (κ2) is 7.17. The van der Waals surface area contributed by atoms with E-state index in [0.717, 1.165) is 0 Å². The van der Waals surface area contributed by atoms with Crippen molar-refractivity contribution in [2.45, 2.75) is 38.3 Å². The van der Waals surface area contributed by atoms with E-state index in [1.165, 1.54) is 29.2 Å². The van der Waals surface area contributed by atoms with Gasteiger partial charge in [0, 0.05) is 12.1 Å². The van der Waals surface area contributed by atoms with Gasteiger partial charge in [0.25, 0.3) is 15.9 Å². The van der Waals surface area contributed by atoms with Crippen molar-refractivity contribution in [2.75, 3.05) is 0 Å². The average molecular weight is 463 g/mol. The molecule has 2 aromatic rings. The molecule has 4 rings (SSSR count). The molecule has 0 unspecified atom stereocenters. The fraction of sp³-hybridized carbons (Fsp3) is 0.273. The molecule has 0 saturated carbocycles. The number of sulfonamides is 1. The summed E-state index contributed by atoms with van der Waals surface area (Å²) in [5.41, 5.74) is 0.0675. The molecule has 2 aromatic carbocycles. The second-order valence-corrected chi connectivity index (χ2v) is 10.6. The maximum Gasteiger partial charge on any atom is 0.283 e. The van der Waals surface area contributed by atoms with Crippen LogP contribution in [-0.4, -0.2) is 36.1 Å². The maximum atomic E-state index is 13.6. The molecular weight excluding hydrogens is 443 g/mol. The lowest BCUT2D eigenvalue weighted by molar-refractivity contribution is -0.129. The Bertz CT molecular complexity index is 1280. The molecule has 0 saturated heterocycles. The van der Waals surface area contributed by atoms with Crippen LogP contribution in [0.15, 0.2) is 63.1 Å². The van der Waals surface area contributed by atoms with Crippen molar-refractivity contribution >= 4 is 33.2 Å². The fourth-order valence-corrected chi connectivity index (χ4v) is 5.46. The lowest BCUT2D eigenvalue weighted by Crippen LogP contribution is -2.43. The minimum Gasteiger partial charge on any atom is -0.509 e. The first-order chi connectivity index (χ1) is 14.4. The number of rotatable bonds is 3. The summed E-state index contributed by atoms with van der Waals surface area (Å²) in [4.78, 5) is 14.9. The van der Waals surface area contributed by atoms with Gasteiger partial charge < -0.3 is 10.0 Å². The predicted octanol–water partition coefficient (Wildman–Crippen LogP) is 4.24. The van der Waals surface area contributed by atoms with Crippen LogP contribution in [0.1, 0.15) is 31.9 Å². The second-order valence-electron chi connectivity index (χ2n) is 8.62. The highest BCUT2D eigenvalue weighted by Gasteiger charge is 2.48. The molecule has 0 fully saturated rings. The van der Waals surface area contributed by atoms with E-state index in [2.05, 4.69) is 4.40 Å². The van der Waals surface area contributed by atoms with Crippen LogP contribution >= 0.6 is 11.6 Å². The topological polar surface area (TPSA) is 87.0 Å². The summed E-state index contributed by atoms with van der Waals surface area (Å²) < 4.78 is 42.3. The van der Waals surface area contributed by atoms with E-state index >= 15 is 0 Å². The molecule has 162 valence electrons. The highest BCUT2D eigenvalue weighted by Crippen LogP contribution is 2.41. The zero-order valence-corrected chi connectivity index (χ0v) is 18.6. The van der Waals surface area contributed by atoms with Crippen molar-refractivity contribution in [2.24, 2.45) is 9.81 Å². The van der Waals surface area contributed by atoms with Crippen LogP contribution in [0.25, 0.3) is 0 Å². The van der Waals surface area contributed by atoms with Gasteiger partial charge >= 0.3 is 0 Å². The minimum absolute atomic E-state index is 0.00539. The van der Waals surface area contributed by atoms with Crippen LogP contribution in [0.5, 0.6) is 0 Å². The molecule has 1 N–H and O–H groups in total. The number of nitrogens with zero attached hydrogens (tertiary/aromatic N) is 2. The van der Waals surface area contributed by atoms with Crippen molar-refractivity contribution < 1.29 is 22.7 Å². The van der Waals surface area contributed by atoms with E-state index < -0.39 is 33.2 Å². The van der Waals surface area contributed by atoms with Gasteiger partial charge in [-0.3, -0.25) is 4.79 Å². The lowest BCUT2D eigenvalue weighted by Gasteiger charge is -2.35. The van der Waals surface area contributed by atoms with Gasteiger partial charge in [-0.25, -0.2) is 4.39 Å². The van der Waals surface area contributed by atoms with E-state index in [4.69, 9.17) is 11.6 Å². The molecule has 1 amide bonds. The quantitative estimate of drug-likeness (QED) is 0.739. The summed E-state index contributed by atoms with van der Waals surface area (Å²) in [7, 11) is -3.97. The van der Waals surface area contributed by atoms with Gasteiger partial charge in [-0.15, -0.1) is 0 Å². The van der Waals surface area contributed by atoms with Crippen LogP contribution in [0.4, 0.5) is 4.39 Å². The van der Waals surface area contributed by atoms with E-state index in [9.17, 15) is 22.7 Å². The Morgan fingerprint density at radius 1 is 1.19 bits per heavy atom. The van der Waals surface area contributed by atoms with Gasteiger partial charge in [-0.1, -0.05) is 56.6 Å². The number of carbonyl (C=O) groups is 1. The Kier molecular flexibility index (Phi) is 4.98. The molecule has 2 heterocycles. The fourth-order valence-electron chi connectivity index (χ4n) is 4.04. The molecule has 2 aliphatic heterocycles. The zero-order chi connectivity index (χ0) is 22.7. The smallest absolute Gasteiger partial charge is 0.283 e. The number of hydrogen-bond acceptors (Lipinski definition) is 4. The summed E-state index contributed by atoms with van der Waals surface area (Å²) >= 11 is 5.89. The first-order valence-electron chi connectivity index (χ1n) is 9.54. The first kappa shape index (κ1) is 21.5. The third-order valence-corrected chi connectivity index (χ3v) is 6.95. The molecule has 9 heteroatoms. The van der Waals surface area contributed by atoms with Gasteiger partial charge in [0.15, 0.2) is 0 Å². The number of carbonyl (C=O) groups excluding carboxylic acids is 1. The molecule has 0 spiro atoms. The SMILES string of the molecule is CC(C)(C)[C@H]1C(O)=C(C2=NS(=O)(=O)c3ccccc32)C(=O)N1Cc1ccc(F)c(Cl)c1. The van der Waals surface area contributed by atoms with Crippen molar-refractivity contribution in [3.8, 4) is 0 Å². The summed E-state index contributed by atoms with van der Waals surface area (Å²) in [6, 6.07) is 9.59. The van der Waals surface area contributed by atoms with Crippen LogP contribution in [-0.2, 0) is 21.4 Å². The summed E-state index contributed by atoms with van der Waals surface area (Å²) in [6.45, 7) is 5.62. The molecule has 0 radical (unpaired) electrons. The summed E-state index contributed by atoms with van der Waals surface area (Å²) in [6.07, 6.45) is 0. The summed E-state index contributed by atoms with van der Waals surface area (Å²) in [5.74, 6) is -1.37. The highest BCUT2D eigenvalue weighted by molar-refractivity contribution is 7.90. The number of hydrogen-bond donors (Lipinski definition) is 1. The Balaban J connectivity index is 1.82. The summed E-state index contributed by atoms with van der Waals surface area (Å²) in [5, 5.41) is 11.0. The normalized spacial score (nSPS) is 20.3. The Labute approximate surface area is 184 Å². The molecule has 0 aliphatic carbocycles. The Morgan fingerprint density at radius 3 is 2.52 bits per heavy atom. The van der Waals surface area contributed by atoms with Gasteiger partial charge in [-0.2, -0.15) is 12.8 Å². The Morgan fingerprint density at radius 2 is 1.87 bits per heavy atom. The molecule has 6 nitrogen and oxygen atoms in total. The minimum atomic E-state index is -3.97. The number of aliphatic hydroxyl groups excluding tert-OH is 1. The van der Waals surface area contributed by atoms with Crippen LogP contribution in [0, 0.1) is 11.2 Å². The van der Waals surface area contributed by atoms with Crippen molar-refractivity contribution in [3.05, 3.63) is 75.8 Å². The van der Waals surface area contributed by atoms with Gasteiger partial charge in [-0.05, 0) is 29.2 Å². The third kappa shape index (κ3) is 3.53. The first-order valence-corrected chi connectivity index (χ1v) is 11.4. The highest BCUT2D eigenvalue weighted by atomic mass is 35.5. The van der Waals surface area contributed by atoms with Gasteiger partial charge in [0.2, 0.25) is 0 Å². The van der Waals surface area contributed by atoms with Crippen molar-refractivity contribution in [1.82, 2.24) is 4.90 Å². The number of amides is 1. The average Bonchev–Trinajstić information content (AvgIpc) is 3.08. The largest absolute Gasteiger partial charge is 0.509 e. The third-order valence-electron chi connectivity index (χ3n) is 5.33. The number of aliphatic hydroxyl groups is 1. The number of halogens is 2. The standard InChI is InChI=1S/C22H20ClFN2O4S/c1-22(2,3)20-19(27)17(18-13-6-4-5-7-16(13)31(29,30)25-18)21(28)26(20)11-12-8-9-15(24)14(23)10-12/h4-10,20,27H,11H2,1-3H3/t20-/m1/s1. The van der Waals surface area contributed by atoms with E-state index in [0.29, 0.717) is 5.56 Å². The lowest BCUT2D eigenvalue weighted by atomic mass is 9.84. The zero-order valence-electron chi connectivity index (χ0n) is 17.1. The van der Waals surface area contributed by atoms with Crippen LogP contribution in [0.2, 0.25) is 5.02 Å². The molecular formula is C22H20ClFN2O4S. The molecule has 2 aliphatic rings. The van der Waals surface area contributed by atoms with Gasteiger partial charge in [0.1, 0.15) is 22.9 Å². The molecule has 0 bridgehead atoms. The molecule has 0 aromatic heterocycles. The van der Waals surface area contributed by atoms with Crippen LogP contribution < -0.4 is 0 Å². The maximum absolute atomic E-state index is 13.6. The predicted molar refractivity (Wildman–Crippen MR) is 115 cm³/mol. The van der Waals surface area contributed by atoms with E-state index in [1.54, 1.807) is 18.2 Å². The van der Waals surface area contributed by atoms with E-state index in [1.807, 2.05) is 20.8 Å². The molecule has 31 heavy (non-hydrogen) atoms. The Hall–Kier alpha value is -2.71. The van der Waals surface area contributed by atoms with Crippen LogP contribution in [0.3, 0.4) is 0 Å². The monoisotopic (exact) mass is 462 g/mol. The van der Waals surface area contributed by atoms with Gasteiger partial charge in [0.05, 0.1) is 16.0 Å². The molecule has 1 atom stereocenters. The number of fused-ring (bicyclic) bond motifs is 1. The van der Waals surface area contributed by atoms with Crippen molar-refractivity contribution in [3.63, 3.8) is 0 Å². The number of benzene rings is 2. The van der Waals surface area contributed by atoms with Crippen molar-refractivity contribution in [1.29, 1.82) is 0 Å². The van der Waals surface area contributed by atoms with E-state index in [-0.39, 0.29) is 39.1 Å².